The maximum atomic E-state index is 6.60. The third-order valence-electron chi connectivity index (χ3n) is 11.8. The molecule has 0 N–H and O–H groups in total. The van der Waals surface area contributed by atoms with Crippen molar-refractivity contribution in [2.24, 2.45) is 15.9 Å². The Morgan fingerprint density at radius 3 is 2.00 bits per heavy atom. The van der Waals surface area contributed by atoms with Crippen LogP contribution in [0, 0.1) is 5.92 Å². The summed E-state index contributed by atoms with van der Waals surface area (Å²) in [6.45, 7) is 2.25. The van der Waals surface area contributed by atoms with Crippen LogP contribution in [0.5, 0.6) is 0 Å². The van der Waals surface area contributed by atoms with Crippen LogP contribution in [-0.4, -0.2) is 16.1 Å². The molecule has 0 spiro atoms. The second kappa shape index (κ2) is 12.8. The van der Waals surface area contributed by atoms with Gasteiger partial charge in [0.25, 0.3) is 0 Å². The minimum absolute atomic E-state index is 0.0426. The summed E-state index contributed by atoms with van der Waals surface area (Å²) in [4.78, 5) is 11.1. The molecule has 11 aromatic rings. The van der Waals surface area contributed by atoms with Gasteiger partial charge in [-0.05, 0) is 65.7 Å². The molecule has 5 nitrogen and oxygen atoms in total. The molecule has 4 heterocycles. The van der Waals surface area contributed by atoms with E-state index in [1.54, 1.807) is 0 Å². The van der Waals surface area contributed by atoms with Crippen molar-refractivity contribution < 1.29 is 8.83 Å². The number of nitrogens with zero attached hydrogens (tertiary/aromatic N) is 3. The molecule has 0 saturated heterocycles. The summed E-state index contributed by atoms with van der Waals surface area (Å²) >= 11 is 0. The van der Waals surface area contributed by atoms with Gasteiger partial charge in [-0.2, -0.15) is 0 Å². The number of fused-ring (bicyclic) bond motifs is 10. The standard InChI is InChI=1S/C53H35N3O2/c1-32-26-27-44(54-53(33-14-3-2-4-15-33)55-51(32)40-22-13-21-39-37-19-8-12-25-49(37)58-52(39)40)43-31-50-42(38-20-9-11-24-48(38)57-50)30-47(43)56-45-23-10-7-18-36(45)41-28-34-16-5-6-17-35(34)29-46(41)56/h2-25,27-32H,26H2,1H3/b44-27+,54-53?,55-51?. The normalized spacial score (nSPS) is 15.9. The van der Waals surface area contributed by atoms with Crippen LogP contribution in [0.2, 0.25) is 0 Å². The molecule has 8 aromatic carbocycles. The fourth-order valence-corrected chi connectivity index (χ4v) is 9.03. The fraction of sp³-hybridized carbons (Fsp3) is 0.0566. The third-order valence-corrected chi connectivity index (χ3v) is 11.8. The SMILES string of the molecule is CC1C/C=C(\c2cc3oc4ccccc4c3cc2-n2c3ccccc3c3cc4ccccc4cc32)N=C(c2ccccc2)N=C1c1cccc2c1oc1ccccc12. The van der Waals surface area contributed by atoms with Crippen molar-refractivity contribution in [1.82, 2.24) is 4.57 Å². The van der Waals surface area contributed by atoms with Crippen LogP contribution in [-0.2, 0) is 0 Å². The first-order valence-corrected chi connectivity index (χ1v) is 19.9. The first kappa shape index (κ1) is 32.7. The van der Waals surface area contributed by atoms with Gasteiger partial charge in [-0.3, -0.25) is 0 Å². The van der Waals surface area contributed by atoms with E-state index in [0.717, 1.165) is 88.7 Å². The zero-order valence-corrected chi connectivity index (χ0v) is 31.7. The van der Waals surface area contributed by atoms with E-state index >= 15 is 0 Å². The van der Waals surface area contributed by atoms with Gasteiger partial charge < -0.3 is 13.4 Å². The molecule has 1 aliphatic heterocycles. The molecule has 12 rings (SSSR count). The smallest absolute Gasteiger partial charge is 0.160 e. The number of hydrogen-bond donors (Lipinski definition) is 0. The number of aliphatic imine (C=N–C) groups is 2. The van der Waals surface area contributed by atoms with Crippen molar-refractivity contribution in [3.8, 4) is 5.69 Å². The summed E-state index contributed by atoms with van der Waals surface area (Å²) in [5.41, 5.74) is 11.4. The topological polar surface area (TPSA) is 55.9 Å². The van der Waals surface area contributed by atoms with E-state index in [9.17, 15) is 0 Å². The Balaban J connectivity index is 1.14. The van der Waals surface area contributed by atoms with Crippen LogP contribution >= 0.6 is 0 Å². The minimum atomic E-state index is 0.0426. The van der Waals surface area contributed by atoms with Crippen molar-refractivity contribution in [3.05, 3.63) is 193 Å². The van der Waals surface area contributed by atoms with Gasteiger partial charge in [-0.1, -0.05) is 134 Å². The average molecular weight is 746 g/mol. The molecule has 0 aliphatic carbocycles. The monoisotopic (exact) mass is 745 g/mol. The summed E-state index contributed by atoms with van der Waals surface area (Å²) < 4.78 is 15.6. The van der Waals surface area contributed by atoms with Gasteiger partial charge in [0.15, 0.2) is 5.84 Å². The van der Waals surface area contributed by atoms with Crippen LogP contribution in [0.3, 0.4) is 0 Å². The Morgan fingerprint density at radius 1 is 0.500 bits per heavy atom. The highest BCUT2D eigenvalue weighted by atomic mass is 16.3. The van der Waals surface area contributed by atoms with E-state index in [1.165, 1.54) is 21.5 Å². The van der Waals surface area contributed by atoms with Gasteiger partial charge in [0.1, 0.15) is 22.3 Å². The molecular weight excluding hydrogens is 711 g/mol. The summed E-state index contributed by atoms with van der Waals surface area (Å²) in [5.74, 6) is 0.686. The van der Waals surface area contributed by atoms with E-state index in [4.69, 9.17) is 18.8 Å². The molecule has 1 atom stereocenters. The van der Waals surface area contributed by atoms with Crippen molar-refractivity contribution in [3.63, 3.8) is 0 Å². The molecule has 1 aliphatic rings. The van der Waals surface area contributed by atoms with Gasteiger partial charge in [-0.15, -0.1) is 0 Å². The fourth-order valence-electron chi connectivity index (χ4n) is 9.03. The Hall–Kier alpha value is -7.50. The van der Waals surface area contributed by atoms with Crippen LogP contribution in [0.15, 0.2) is 195 Å². The highest BCUT2D eigenvalue weighted by Crippen LogP contribution is 2.42. The summed E-state index contributed by atoms with van der Waals surface area (Å²) in [6, 6.07) is 59.7. The van der Waals surface area contributed by atoms with E-state index in [2.05, 4.69) is 145 Å². The Morgan fingerprint density at radius 2 is 1.17 bits per heavy atom. The van der Waals surface area contributed by atoms with Crippen LogP contribution in [0.25, 0.3) is 87.8 Å². The van der Waals surface area contributed by atoms with E-state index < -0.39 is 0 Å². The highest BCUT2D eigenvalue weighted by molar-refractivity contribution is 6.21. The summed E-state index contributed by atoms with van der Waals surface area (Å²) in [7, 11) is 0. The second-order valence-electron chi connectivity index (χ2n) is 15.3. The van der Waals surface area contributed by atoms with Crippen LogP contribution in [0.4, 0.5) is 0 Å². The van der Waals surface area contributed by atoms with Crippen molar-refractivity contribution in [1.29, 1.82) is 0 Å². The molecule has 5 heteroatoms. The number of para-hydroxylation sites is 4. The highest BCUT2D eigenvalue weighted by Gasteiger charge is 2.25. The second-order valence-corrected chi connectivity index (χ2v) is 15.3. The van der Waals surface area contributed by atoms with Crippen molar-refractivity contribution >= 4 is 93.7 Å². The zero-order chi connectivity index (χ0) is 38.3. The summed E-state index contributed by atoms with van der Waals surface area (Å²) in [5, 5.41) is 9.16. The van der Waals surface area contributed by atoms with Crippen molar-refractivity contribution in [2.45, 2.75) is 13.3 Å². The van der Waals surface area contributed by atoms with E-state index in [-0.39, 0.29) is 5.92 Å². The molecule has 0 fully saturated rings. The lowest BCUT2D eigenvalue weighted by molar-refractivity contribution is 0.666. The lowest BCUT2D eigenvalue weighted by Gasteiger charge is -2.20. The molecule has 58 heavy (non-hydrogen) atoms. The molecule has 1 unspecified atom stereocenters. The van der Waals surface area contributed by atoms with E-state index in [1.807, 2.05) is 42.5 Å². The molecule has 0 bridgehead atoms. The predicted octanol–water partition coefficient (Wildman–Crippen LogP) is 14.1. The number of furan rings is 2. The number of rotatable bonds is 4. The van der Waals surface area contributed by atoms with E-state index in [0.29, 0.717) is 12.3 Å². The Labute approximate surface area is 333 Å². The number of hydrogen-bond acceptors (Lipinski definition) is 4. The minimum Gasteiger partial charge on any atom is -0.456 e. The number of amidine groups is 1. The summed E-state index contributed by atoms with van der Waals surface area (Å²) in [6.07, 6.45) is 3.00. The molecule has 0 saturated carbocycles. The largest absolute Gasteiger partial charge is 0.456 e. The molecule has 0 amide bonds. The Kier molecular flexibility index (Phi) is 7.20. The number of allylic oxidation sites excluding steroid dienone is 1. The molecular formula is C53H35N3O2. The van der Waals surface area contributed by atoms with Crippen LogP contribution in [0.1, 0.15) is 30.0 Å². The van der Waals surface area contributed by atoms with Gasteiger partial charge in [0.2, 0.25) is 0 Å². The Bertz CT molecular complexity index is 3560. The van der Waals surface area contributed by atoms with Crippen molar-refractivity contribution in [2.75, 3.05) is 0 Å². The lowest BCUT2D eigenvalue weighted by Crippen LogP contribution is -2.17. The lowest BCUT2D eigenvalue weighted by atomic mass is 9.92. The number of aromatic nitrogens is 1. The molecule has 274 valence electrons. The quantitative estimate of drug-likeness (QED) is 0.180. The van der Waals surface area contributed by atoms with Gasteiger partial charge >= 0.3 is 0 Å². The third kappa shape index (κ3) is 5.03. The maximum Gasteiger partial charge on any atom is 0.160 e. The average Bonchev–Trinajstić information content (AvgIpc) is 3.93. The van der Waals surface area contributed by atoms with Gasteiger partial charge in [0.05, 0.1) is 28.1 Å². The van der Waals surface area contributed by atoms with Gasteiger partial charge in [-0.25, -0.2) is 9.98 Å². The zero-order valence-electron chi connectivity index (χ0n) is 31.7. The van der Waals surface area contributed by atoms with Crippen LogP contribution < -0.4 is 0 Å². The number of benzene rings is 8. The van der Waals surface area contributed by atoms with Gasteiger partial charge in [0, 0.05) is 54.9 Å². The molecule has 3 aromatic heterocycles. The predicted molar refractivity (Wildman–Crippen MR) is 241 cm³/mol. The first-order chi connectivity index (χ1) is 28.7. The first-order valence-electron chi connectivity index (χ1n) is 19.9. The maximum absolute atomic E-state index is 6.60. The molecule has 0 radical (unpaired) electrons.